The molecule has 0 saturated carbocycles. The van der Waals surface area contributed by atoms with Crippen molar-refractivity contribution < 1.29 is 22.1 Å². The lowest BCUT2D eigenvalue weighted by Crippen LogP contribution is -2.31. The van der Waals surface area contributed by atoms with E-state index in [4.69, 9.17) is 0 Å². The summed E-state index contributed by atoms with van der Waals surface area (Å²) in [4.78, 5) is 0. The molecule has 0 aliphatic heterocycles. The molecule has 1 aromatic carbocycles. The predicted molar refractivity (Wildman–Crippen MR) is 66.9 cm³/mol. The lowest BCUT2D eigenvalue weighted by Gasteiger charge is -2.20. The van der Waals surface area contributed by atoms with Crippen molar-refractivity contribution in [3.05, 3.63) is 35.6 Å². The summed E-state index contributed by atoms with van der Waals surface area (Å²) < 4.78 is 65.5. The van der Waals surface area contributed by atoms with Gasteiger partial charge in [-0.1, -0.05) is 4.40 Å². The Morgan fingerprint density at radius 1 is 1.11 bits per heavy atom. The largest absolute Gasteiger partial charge is 0.591 e. The second-order valence-corrected chi connectivity index (χ2v) is 6.71. The van der Waals surface area contributed by atoms with Crippen LogP contribution in [0, 0.1) is 5.82 Å². The molecule has 0 bridgehead atoms. The zero-order valence-corrected chi connectivity index (χ0v) is 11.4. The van der Waals surface area contributed by atoms with Crippen LogP contribution in [0.4, 0.5) is 17.6 Å². The smallest absolute Gasteiger partial charge is 0.438 e. The molecule has 0 N–H and O–H groups in total. The molecule has 0 radical (unpaired) electrons. The lowest BCUT2D eigenvalue weighted by atomic mass is 10.1. The number of alkyl halides is 3. The Bertz CT molecular complexity index is 462. The van der Waals surface area contributed by atoms with E-state index in [9.17, 15) is 22.1 Å². The molecule has 0 spiro atoms. The number of hydrogen-bond donors (Lipinski definition) is 0. The normalized spacial score (nSPS) is 15.5. The van der Waals surface area contributed by atoms with Crippen LogP contribution in [0.2, 0.25) is 0 Å². The van der Waals surface area contributed by atoms with Crippen molar-refractivity contribution in [3.63, 3.8) is 0 Å². The summed E-state index contributed by atoms with van der Waals surface area (Å²) in [5.41, 5.74) is -1.58. The predicted octanol–water partition coefficient (Wildman–Crippen LogP) is 3.64. The van der Waals surface area contributed by atoms with E-state index in [1.807, 2.05) is 0 Å². The number of halogens is 4. The highest BCUT2D eigenvalue weighted by Crippen LogP contribution is 2.26. The first-order valence-corrected chi connectivity index (χ1v) is 6.46. The average molecular weight is 295 g/mol. The maximum atomic E-state index is 12.9. The van der Waals surface area contributed by atoms with Crippen molar-refractivity contribution in [2.75, 3.05) is 0 Å². The minimum Gasteiger partial charge on any atom is -0.591 e. The zero-order valence-electron chi connectivity index (χ0n) is 10.6. The van der Waals surface area contributed by atoms with E-state index in [0.717, 1.165) is 24.3 Å². The first-order valence-electron chi connectivity index (χ1n) is 5.35. The average Bonchev–Trinajstić information content (AvgIpc) is 2.24. The van der Waals surface area contributed by atoms with Gasteiger partial charge in [-0.3, -0.25) is 0 Å². The Morgan fingerprint density at radius 3 is 1.95 bits per heavy atom. The van der Waals surface area contributed by atoms with E-state index in [0.29, 0.717) is 0 Å². The Morgan fingerprint density at radius 2 is 1.58 bits per heavy atom. The molecule has 1 aromatic rings. The molecule has 0 aromatic heterocycles. The SMILES string of the molecule is CC(C)(C)[S+]([O-])/N=C(/c1ccc(F)cc1)C(F)(F)F. The molecule has 0 aliphatic rings. The second-order valence-electron chi connectivity index (χ2n) is 4.81. The van der Waals surface area contributed by atoms with Gasteiger partial charge in [0.2, 0.25) is 5.71 Å². The Kier molecular flexibility index (Phi) is 4.63. The number of rotatable bonds is 2. The van der Waals surface area contributed by atoms with Gasteiger partial charge in [-0.15, -0.1) is 0 Å². The van der Waals surface area contributed by atoms with Gasteiger partial charge in [-0.2, -0.15) is 13.2 Å². The molecular formula is C12H13F4NOS. The summed E-state index contributed by atoms with van der Waals surface area (Å²) in [6.07, 6.45) is -4.75. The van der Waals surface area contributed by atoms with Crippen LogP contribution in [-0.4, -0.2) is 21.2 Å². The highest BCUT2D eigenvalue weighted by Gasteiger charge is 2.41. The van der Waals surface area contributed by atoms with Crippen LogP contribution in [0.3, 0.4) is 0 Å². The molecular weight excluding hydrogens is 282 g/mol. The van der Waals surface area contributed by atoms with Gasteiger partial charge < -0.3 is 4.55 Å². The number of hydrogen-bond acceptors (Lipinski definition) is 2. The highest BCUT2D eigenvalue weighted by atomic mass is 32.2. The van der Waals surface area contributed by atoms with E-state index < -0.39 is 33.8 Å². The van der Waals surface area contributed by atoms with Crippen LogP contribution in [0.15, 0.2) is 28.7 Å². The van der Waals surface area contributed by atoms with Crippen LogP contribution < -0.4 is 0 Å². The maximum absolute atomic E-state index is 12.9. The standard InChI is InChI=1S/C12H13F4NOS/c1-11(2,3)19(18)17-10(12(14,15)16)8-4-6-9(13)7-5-8/h4-7H,1-3H3/b17-10-. The third-order valence-electron chi connectivity index (χ3n) is 2.08. The van der Waals surface area contributed by atoms with Crippen LogP contribution in [0.5, 0.6) is 0 Å². The van der Waals surface area contributed by atoms with E-state index in [2.05, 4.69) is 4.40 Å². The second kappa shape index (κ2) is 5.50. The van der Waals surface area contributed by atoms with Gasteiger partial charge >= 0.3 is 6.18 Å². The van der Waals surface area contributed by atoms with Gasteiger partial charge in [0.15, 0.2) is 0 Å². The van der Waals surface area contributed by atoms with Crippen molar-refractivity contribution >= 4 is 17.1 Å². The first kappa shape index (κ1) is 16.0. The van der Waals surface area contributed by atoms with Crippen molar-refractivity contribution in [2.24, 2.45) is 4.40 Å². The fourth-order valence-corrected chi connectivity index (χ4v) is 1.74. The summed E-state index contributed by atoms with van der Waals surface area (Å²) in [6, 6.07) is 3.72. The summed E-state index contributed by atoms with van der Waals surface area (Å²) in [5, 5.41) is 0. The van der Waals surface area contributed by atoms with E-state index in [1.165, 1.54) is 20.8 Å². The zero-order chi connectivity index (χ0) is 14.8. The molecule has 106 valence electrons. The number of nitrogens with zero attached hydrogens (tertiary/aromatic N) is 1. The molecule has 0 aliphatic carbocycles. The van der Waals surface area contributed by atoms with Crippen molar-refractivity contribution in [1.82, 2.24) is 0 Å². The van der Waals surface area contributed by atoms with Crippen LogP contribution in [-0.2, 0) is 11.4 Å². The quantitative estimate of drug-likeness (QED) is 0.466. The Labute approximate surface area is 111 Å². The fourth-order valence-electron chi connectivity index (χ4n) is 1.10. The van der Waals surface area contributed by atoms with Gasteiger partial charge in [-0.25, -0.2) is 4.39 Å². The Hall–Kier alpha value is -1.08. The van der Waals surface area contributed by atoms with Gasteiger partial charge in [0.05, 0.1) is 0 Å². The summed E-state index contributed by atoms with van der Waals surface area (Å²) in [5.74, 6) is -0.651. The van der Waals surface area contributed by atoms with E-state index >= 15 is 0 Å². The Balaban J connectivity index is 3.24. The minimum absolute atomic E-state index is 0.313. The summed E-state index contributed by atoms with van der Waals surface area (Å²) >= 11 is -2.05. The van der Waals surface area contributed by atoms with Gasteiger partial charge in [-0.05, 0) is 45.0 Å². The third-order valence-corrected chi connectivity index (χ3v) is 3.48. The third kappa shape index (κ3) is 4.50. The lowest BCUT2D eigenvalue weighted by molar-refractivity contribution is -0.0578. The van der Waals surface area contributed by atoms with E-state index in [1.54, 1.807) is 0 Å². The topological polar surface area (TPSA) is 35.4 Å². The summed E-state index contributed by atoms with van der Waals surface area (Å²) in [6.45, 7) is 4.56. The molecule has 0 amide bonds. The van der Waals surface area contributed by atoms with Crippen molar-refractivity contribution in [2.45, 2.75) is 31.7 Å². The van der Waals surface area contributed by atoms with Gasteiger partial charge in [0, 0.05) is 5.56 Å². The molecule has 0 saturated heterocycles. The monoisotopic (exact) mass is 295 g/mol. The summed E-state index contributed by atoms with van der Waals surface area (Å²) in [7, 11) is 0. The first-order chi connectivity index (χ1) is 8.51. The van der Waals surface area contributed by atoms with Crippen LogP contribution >= 0.6 is 0 Å². The van der Waals surface area contributed by atoms with Gasteiger partial charge in [0.25, 0.3) is 0 Å². The molecule has 0 heterocycles. The molecule has 0 fully saturated rings. The van der Waals surface area contributed by atoms with E-state index in [-0.39, 0.29) is 5.56 Å². The van der Waals surface area contributed by atoms with Gasteiger partial charge in [0.1, 0.15) is 21.9 Å². The van der Waals surface area contributed by atoms with Crippen LogP contribution in [0.1, 0.15) is 26.3 Å². The fraction of sp³-hybridized carbons (Fsp3) is 0.417. The van der Waals surface area contributed by atoms with Crippen molar-refractivity contribution in [1.29, 1.82) is 0 Å². The molecule has 2 nitrogen and oxygen atoms in total. The number of benzene rings is 1. The molecule has 1 atom stereocenters. The van der Waals surface area contributed by atoms with Crippen LogP contribution in [0.25, 0.3) is 0 Å². The molecule has 1 rings (SSSR count). The minimum atomic E-state index is -4.75. The molecule has 1 unspecified atom stereocenters. The highest BCUT2D eigenvalue weighted by molar-refractivity contribution is 7.91. The van der Waals surface area contributed by atoms with Crippen molar-refractivity contribution in [3.8, 4) is 0 Å². The molecule has 19 heavy (non-hydrogen) atoms. The maximum Gasteiger partial charge on any atom is 0.438 e. The molecule has 7 heteroatoms.